The molecule has 6 heterocycles. The zero-order chi connectivity index (χ0) is 100. The molecular weight excluding hydrogens is 1810 g/mol. The maximum atomic E-state index is 5.31. The van der Waals surface area contributed by atoms with Crippen molar-refractivity contribution < 1.29 is 0 Å². The summed E-state index contributed by atoms with van der Waals surface area (Å²) in [5.74, 6) is 0. The summed E-state index contributed by atoms with van der Waals surface area (Å²) in [5, 5.41) is 6.86. The Kier molecular flexibility index (Phi) is 26.5. The van der Waals surface area contributed by atoms with E-state index in [-0.39, 0.29) is 0 Å². The van der Waals surface area contributed by atoms with Gasteiger partial charge in [0, 0.05) is 86.1 Å². The second kappa shape index (κ2) is 42.9. The van der Waals surface area contributed by atoms with E-state index in [1.54, 1.807) is 0 Å². The van der Waals surface area contributed by atoms with Crippen LogP contribution < -0.4 is 0 Å². The Labute approximate surface area is 874 Å². The Morgan fingerprint density at radius 3 is 0.573 bits per heavy atom. The number of hydrogen-bond acceptors (Lipinski definition) is 6. The van der Waals surface area contributed by atoms with Gasteiger partial charge in [-0.25, -0.2) is 15.0 Å². The molecule has 0 saturated heterocycles. The summed E-state index contributed by atoms with van der Waals surface area (Å²) in [5.41, 5.74) is 45.0. The second-order valence-electron chi connectivity index (χ2n) is 37.7. The monoisotopic (exact) mass is 1910 g/mol. The van der Waals surface area contributed by atoms with Gasteiger partial charge in [-0.15, -0.1) is 0 Å². The number of fused-ring (bicyclic) bond motifs is 3. The second-order valence-corrected chi connectivity index (χ2v) is 37.7. The molecule has 20 aromatic carbocycles. The molecule has 0 amide bonds. The first kappa shape index (κ1) is 92.5. The summed E-state index contributed by atoms with van der Waals surface area (Å²) in [7, 11) is 0. The molecule has 26 rings (SSSR count). The highest BCUT2D eigenvalue weighted by Gasteiger charge is 2.21. The standard InChI is InChI=1S/2C50H34N2.C44H30N2/c1-4-14-35(15-5-1)44-30-45(36-16-6-2-7-17-36)32-46(31-44)40-23-12-21-38(28-40)39-22-13-24-42(29-39)49-33-41-20-10-11-25-47(41)50(52-49)43-26-27-48(51-34-43)37-18-8-3-9-19-37;1-3-11-35(12-4-1)45-31-46(36-13-5-2-6-14-36)33-47(32-45)42-18-9-16-40(29-42)41-17-10-19-44(30-41)49-34-43-15-7-8-20-48(43)50(52-49)39-23-21-37(22-24-39)38-25-27-51-28-26-38;1-3-11-31(12-4-1)39-27-40(32-13-5-2-6-14-32)29-41(28-39)36-18-9-16-34(25-36)35-17-10-19-38(26-35)43-30-37-15-7-8-20-42(37)44(46-43)33-21-23-45-24-22-33/h2*1-34H;1-30H. The van der Waals surface area contributed by atoms with Crippen LogP contribution in [0.3, 0.4) is 0 Å². The van der Waals surface area contributed by atoms with E-state index in [0.29, 0.717) is 0 Å². The highest BCUT2D eigenvalue weighted by Crippen LogP contribution is 2.44. The molecule has 0 aliphatic heterocycles. The van der Waals surface area contributed by atoms with Crippen LogP contribution >= 0.6 is 0 Å². The summed E-state index contributed by atoms with van der Waals surface area (Å²) in [6, 6.07) is 201. The molecule has 0 aliphatic rings. The first-order valence-corrected chi connectivity index (χ1v) is 50.8. The van der Waals surface area contributed by atoms with Crippen LogP contribution in [0.25, 0.3) is 256 Å². The highest BCUT2D eigenvalue weighted by molar-refractivity contribution is 6.01. The summed E-state index contributed by atoms with van der Waals surface area (Å²) in [4.78, 5) is 29.0. The molecule has 26 aromatic rings. The Hall–Kier alpha value is -19.9. The van der Waals surface area contributed by atoms with Crippen molar-refractivity contribution in [1.29, 1.82) is 0 Å². The third-order valence-electron chi connectivity index (χ3n) is 28.0. The number of aromatic nitrogens is 6. The van der Waals surface area contributed by atoms with Gasteiger partial charge in [0.25, 0.3) is 0 Å². The molecule has 150 heavy (non-hydrogen) atoms. The first-order valence-electron chi connectivity index (χ1n) is 50.8. The molecule has 0 atom stereocenters. The van der Waals surface area contributed by atoms with E-state index >= 15 is 0 Å². The van der Waals surface area contributed by atoms with Gasteiger partial charge in [-0.05, 0) is 306 Å². The molecule has 704 valence electrons. The fraction of sp³-hybridized carbons (Fsp3) is 0. The third-order valence-corrected chi connectivity index (χ3v) is 28.0. The van der Waals surface area contributed by atoms with Crippen molar-refractivity contribution in [1.82, 2.24) is 29.9 Å². The van der Waals surface area contributed by atoms with E-state index in [0.717, 1.165) is 134 Å². The Bertz CT molecular complexity index is 8750. The van der Waals surface area contributed by atoms with Gasteiger partial charge in [0.2, 0.25) is 0 Å². The van der Waals surface area contributed by atoms with Gasteiger partial charge in [-0.1, -0.05) is 419 Å². The van der Waals surface area contributed by atoms with Gasteiger partial charge in [-0.3, -0.25) is 15.0 Å². The van der Waals surface area contributed by atoms with Crippen LogP contribution in [0.4, 0.5) is 0 Å². The predicted octanol–water partition coefficient (Wildman–Crippen LogP) is 38.2. The predicted molar refractivity (Wildman–Crippen MR) is 627 cm³/mol. The molecule has 0 bridgehead atoms. The summed E-state index contributed by atoms with van der Waals surface area (Å²) in [6.45, 7) is 0. The van der Waals surface area contributed by atoms with Gasteiger partial charge in [0.1, 0.15) is 0 Å². The lowest BCUT2D eigenvalue weighted by Gasteiger charge is -2.13. The molecule has 6 nitrogen and oxygen atoms in total. The molecule has 0 fully saturated rings. The van der Waals surface area contributed by atoms with E-state index in [4.69, 9.17) is 19.9 Å². The van der Waals surface area contributed by atoms with Crippen molar-refractivity contribution in [2.75, 3.05) is 0 Å². The van der Waals surface area contributed by atoms with Gasteiger partial charge >= 0.3 is 0 Å². The Morgan fingerprint density at radius 2 is 0.293 bits per heavy atom. The molecule has 0 radical (unpaired) electrons. The Morgan fingerprint density at radius 1 is 0.107 bits per heavy atom. The van der Waals surface area contributed by atoms with E-state index in [2.05, 4.69) is 532 Å². The van der Waals surface area contributed by atoms with Crippen LogP contribution in [0, 0.1) is 0 Å². The van der Waals surface area contributed by atoms with Crippen LogP contribution in [-0.2, 0) is 0 Å². The molecule has 0 spiro atoms. The van der Waals surface area contributed by atoms with E-state index < -0.39 is 0 Å². The van der Waals surface area contributed by atoms with Crippen molar-refractivity contribution in [3.05, 3.63) is 595 Å². The SMILES string of the molecule is c1ccc(-c2cc(-c3ccccc3)cc(-c3cccc(-c4cccc(-c5cc6ccccc6c(-c6ccc(-c7ccccc7)nc6)n5)c4)c3)c2)cc1.c1ccc(-c2cc(-c3ccccc3)cc(-c3cccc(-c4cccc(-c5cc6ccccc6c(-c6ccc(-c7ccncc7)cc6)n5)c4)c3)c2)cc1.c1ccc(-c2cc(-c3ccccc3)cc(-c3cccc(-c4cccc(-c5cc6ccccc6c(-c6ccncc6)n5)c4)c3)c2)cc1. The Balaban J connectivity index is 0.000000120. The van der Waals surface area contributed by atoms with Crippen molar-refractivity contribution >= 4 is 32.3 Å². The maximum Gasteiger partial charge on any atom is 0.0803 e. The van der Waals surface area contributed by atoms with E-state index in [9.17, 15) is 0 Å². The molecule has 6 aromatic heterocycles. The number of rotatable bonds is 20. The number of hydrogen-bond donors (Lipinski definition) is 0. The van der Waals surface area contributed by atoms with Crippen LogP contribution in [0.5, 0.6) is 0 Å². The van der Waals surface area contributed by atoms with Gasteiger partial charge in [-0.2, -0.15) is 0 Å². The lowest BCUT2D eigenvalue weighted by atomic mass is 9.92. The van der Waals surface area contributed by atoms with Crippen LogP contribution in [0.15, 0.2) is 595 Å². The number of nitrogens with zero attached hydrogens (tertiary/aromatic N) is 6. The lowest BCUT2D eigenvalue weighted by Crippen LogP contribution is -1.93. The van der Waals surface area contributed by atoms with Crippen molar-refractivity contribution in [2.45, 2.75) is 0 Å². The maximum absolute atomic E-state index is 5.31. The fourth-order valence-corrected chi connectivity index (χ4v) is 20.3. The van der Waals surface area contributed by atoms with E-state index in [1.807, 2.05) is 73.4 Å². The van der Waals surface area contributed by atoms with Crippen molar-refractivity contribution in [3.8, 4) is 223 Å². The molecule has 0 aliphatic carbocycles. The van der Waals surface area contributed by atoms with Crippen LogP contribution in [0.2, 0.25) is 0 Å². The fourth-order valence-electron chi connectivity index (χ4n) is 20.3. The smallest absolute Gasteiger partial charge is 0.0803 e. The average Bonchev–Trinajstić information content (AvgIpc) is 0.794. The molecular formula is C144H98N6. The van der Waals surface area contributed by atoms with Crippen molar-refractivity contribution in [2.24, 2.45) is 0 Å². The first-order chi connectivity index (χ1) is 74.3. The zero-order valence-corrected chi connectivity index (χ0v) is 82.3. The molecule has 0 N–H and O–H groups in total. The normalized spacial score (nSPS) is 11.1. The average molecular weight is 1910 g/mol. The minimum absolute atomic E-state index is 0.931. The summed E-state index contributed by atoms with van der Waals surface area (Å²) in [6.07, 6.45) is 9.25. The topological polar surface area (TPSA) is 77.3 Å². The minimum Gasteiger partial charge on any atom is -0.265 e. The summed E-state index contributed by atoms with van der Waals surface area (Å²) < 4.78 is 0. The van der Waals surface area contributed by atoms with Crippen LogP contribution in [-0.4, -0.2) is 29.9 Å². The van der Waals surface area contributed by atoms with E-state index in [1.165, 1.54) is 122 Å². The van der Waals surface area contributed by atoms with Gasteiger partial charge < -0.3 is 0 Å². The third kappa shape index (κ3) is 20.6. The van der Waals surface area contributed by atoms with Crippen LogP contribution in [0.1, 0.15) is 0 Å². The van der Waals surface area contributed by atoms with Crippen molar-refractivity contribution in [3.63, 3.8) is 0 Å². The largest absolute Gasteiger partial charge is 0.265 e. The molecule has 6 heteroatoms. The molecule has 0 saturated carbocycles. The quantitative estimate of drug-likeness (QED) is 0.0757. The molecule has 0 unspecified atom stereocenters. The minimum atomic E-state index is 0.931. The zero-order valence-electron chi connectivity index (χ0n) is 82.3. The van der Waals surface area contributed by atoms with Gasteiger partial charge in [0.05, 0.1) is 39.9 Å². The lowest BCUT2D eigenvalue weighted by molar-refractivity contribution is 1.29. The van der Waals surface area contributed by atoms with Gasteiger partial charge in [0.15, 0.2) is 0 Å². The number of pyridine rings is 6. The summed E-state index contributed by atoms with van der Waals surface area (Å²) >= 11 is 0. The highest BCUT2D eigenvalue weighted by atomic mass is 14.8. The number of benzene rings is 20.